The molecule has 0 aliphatic carbocycles. The highest BCUT2D eigenvalue weighted by Crippen LogP contribution is 2.33. The summed E-state index contributed by atoms with van der Waals surface area (Å²) in [5, 5.41) is 5.99. The fourth-order valence-electron chi connectivity index (χ4n) is 1.70. The van der Waals surface area contributed by atoms with Gasteiger partial charge >= 0.3 is 6.18 Å². The molecule has 0 aliphatic heterocycles. The lowest BCUT2D eigenvalue weighted by Gasteiger charge is -2.14. The SMILES string of the molecule is CCCNCCNc1ccc(C(N)=O)c(C(F)(F)F)c1. The Kier molecular flexibility index (Phi) is 5.82. The van der Waals surface area contributed by atoms with Crippen molar-refractivity contribution >= 4 is 11.6 Å². The third-order valence-electron chi connectivity index (χ3n) is 2.65. The lowest BCUT2D eigenvalue weighted by atomic mass is 10.1. The van der Waals surface area contributed by atoms with Gasteiger partial charge in [0.15, 0.2) is 0 Å². The maximum Gasteiger partial charge on any atom is 0.417 e. The van der Waals surface area contributed by atoms with Gasteiger partial charge in [-0.25, -0.2) is 0 Å². The smallest absolute Gasteiger partial charge is 0.384 e. The number of rotatable bonds is 7. The molecule has 0 heterocycles. The van der Waals surface area contributed by atoms with Crippen molar-refractivity contribution in [2.45, 2.75) is 19.5 Å². The Morgan fingerprint density at radius 3 is 2.50 bits per heavy atom. The zero-order valence-corrected chi connectivity index (χ0v) is 11.2. The van der Waals surface area contributed by atoms with Crippen molar-refractivity contribution in [3.8, 4) is 0 Å². The fourth-order valence-corrected chi connectivity index (χ4v) is 1.70. The minimum atomic E-state index is -4.61. The molecule has 0 radical (unpaired) electrons. The van der Waals surface area contributed by atoms with Gasteiger partial charge in [0.05, 0.1) is 11.1 Å². The van der Waals surface area contributed by atoms with E-state index in [-0.39, 0.29) is 0 Å². The van der Waals surface area contributed by atoms with E-state index in [2.05, 4.69) is 10.6 Å². The Balaban J connectivity index is 2.77. The van der Waals surface area contributed by atoms with E-state index in [1.165, 1.54) is 6.07 Å². The van der Waals surface area contributed by atoms with Gasteiger partial charge in [0.25, 0.3) is 0 Å². The highest BCUT2D eigenvalue weighted by molar-refractivity contribution is 5.95. The normalized spacial score (nSPS) is 11.4. The monoisotopic (exact) mass is 289 g/mol. The molecule has 1 aromatic rings. The molecule has 0 bridgehead atoms. The third-order valence-corrected chi connectivity index (χ3v) is 2.65. The molecule has 0 aliphatic rings. The number of hydrogen-bond donors (Lipinski definition) is 3. The topological polar surface area (TPSA) is 67.2 Å². The van der Waals surface area contributed by atoms with Crippen LogP contribution in [0, 0.1) is 0 Å². The number of anilines is 1. The number of hydrogen-bond acceptors (Lipinski definition) is 3. The second-order valence-corrected chi connectivity index (χ2v) is 4.30. The van der Waals surface area contributed by atoms with Crippen LogP contribution in [-0.2, 0) is 6.18 Å². The third kappa shape index (κ3) is 4.73. The molecule has 20 heavy (non-hydrogen) atoms. The molecule has 4 N–H and O–H groups in total. The summed E-state index contributed by atoms with van der Waals surface area (Å²) < 4.78 is 38.5. The number of alkyl halides is 3. The van der Waals surface area contributed by atoms with Crippen LogP contribution in [0.2, 0.25) is 0 Å². The Labute approximate surface area is 115 Å². The van der Waals surface area contributed by atoms with Crippen LogP contribution in [0.25, 0.3) is 0 Å². The minimum absolute atomic E-state index is 0.306. The number of benzene rings is 1. The predicted octanol–water partition coefficient (Wildman–Crippen LogP) is 2.22. The zero-order valence-electron chi connectivity index (χ0n) is 11.2. The van der Waals surface area contributed by atoms with Crippen LogP contribution < -0.4 is 16.4 Å². The molecule has 1 aromatic carbocycles. The summed E-state index contributed by atoms with van der Waals surface area (Å²) in [6.45, 7) is 4.02. The quantitative estimate of drug-likeness (QED) is 0.674. The van der Waals surface area contributed by atoms with Gasteiger partial charge in [0, 0.05) is 18.8 Å². The molecule has 1 amide bonds. The summed E-state index contributed by atoms with van der Waals surface area (Å²) in [4.78, 5) is 11.0. The number of nitrogens with one attached hydrogen (secondary N) is 2. The van der Waals surface area contributed by atoms with Crippen LogP contribution in [-0.4, -0.2) is 25.5 Å². The molecule has 0 saturated heterocycles. The number of carbonyl (C=O) groups excluding carboxylic acids is 1. The molecular formula is C13H18F3N3O. The van der Waals surface area contributed by atoms with Crippen LogP contribution in [0.15, 0.2) is 18.2 Å². The highest BCUT2D eigenvalue weighted by Gasteiger charge is 2.35. The average Bonchev–Trinajstić information content (AvgIpc) is 2.37. The van der Waals surface area contributed by atoms with Crippen molar-refractivity contribution < 1.29 is 18.0 Å². The molecule has 0 fully saturated rings. The van der Waals surface area contributed by atoms with Crippen LogP contribution in [0.1, 0.15) is 29.3 Å². The van der Waals surface area contributed by atoms with Gasteiger partial charge in [0.2, 0.25) is 5.91 Å². The van der Waals surface area contributed by atoms with Gasteiger partial charge < -0.3 is 16.4 Å². The molecular weight excluding hydrogens is 271 g/mol. The fraction of sp³-hybridized carbons (Fsp3) is 0.462. The molecule has 0 saturated carbocycles. The first kappa shape index (κ1) is 16.3. The molecule has 0 aromatic heterocycles. The Hall–Kier alpha value is -1.76. The molecule has 112 valence electrons. The molecule has 0 spiro atoms. The van der Waals surface area contributed by atoms with E-state index in [4.69, 9.17) is 5.73 Å². The largest absolute Gasteiger partial charge is 0.417 e. The van der Waals surface area contributed by atoms with Crippen LogP contribution in [0.4, 0.5) is 18.9 Å². The van der Waals surface area contributed by atoms with Gasteiger partial charge in [-0.2, -0.15) is 13.2 Å². The number of halogens is 3. The summed E-state index contributed by atoms with van der Waals surface area (Å²) in [6, 6.07) is 3.40. The average molecular weight is 289 g/mol. The molecule has 0 unspecified atom stereocenters. The van der Waals surface area contributed by atoms with Gasteiger partial charge in [-0.15, -0.1) is 0 Å². The molecule has 1 rings (SSSR count). The maximum absolute atomic E-state index is 12.8. The minimum Gasteiger partial charge on any atom is -0.384 e. The Morgan fingerprint density at radius 2 is 1.95 bits per heavy atom. The second kappa shape index (κ2) is 7.14. The van der Waals surface area contributed by atoms with Gasteiger partial charge in [0.1, 0.15) is 0 Å². The number of nitrogens with two attached hydrogens (primary N) is 1. The van der Waals surface area contributed by atoms with Crippen molar-refractivity contribution in [1.82, 2.24) is 5.32 Å². The van der Waals surface area contributed by atoms with Gasteiger partial charge in [-0.05, 0) is 31.2 Å². The van der Waals surface area contributed by atoms with Gasteiger partial charge in [-0.3, -0.25) is 4.79 Å². The highest BCUT2D eigenvalue weighted by atomic mass is 19.4. The molecule has 4 nitrogen and oxygen atoms in total. The summed E-state index contributed by atoms with van der Waals surface area (Å²) in [5.74, 6) is -1.09. The van der Waals surface area contributed by atoms with Gasteiger partial charge in [-0.1, -0.05) is 6.92 Å². The predicted molar refractivity (Wildman–Crippen MR) is 71.6 cm³/mol. The lowest BCUT2D eigenvalue weighted by Crippen LogP contribution is -2.23. The maximum atomic E-state index is 12.8. The van der Waals surface area contributed by atoms with E-state index in [1.54, 1.807) is 0 Å². The lowest BCUT2D eigenvalue weighted by molar-refractivity contribution is -0.137. The van der Waals surface area contributed by atoms with Crippen LogP contribution in [0.5, 0.6) is 0 Å². The zero-order chi connectivity index (χ0) is 15.2. The van der Waals surface area contributed by atoms with Crippen molar-refractivity contribution in [2.75, 3.05) is 25.0 Å². The Morgan fingerprint density at radius 1 is 1.25 bits per heavy atom. The molecule has 0 atom stereocenters. The van der Waals surface area contributed by atoms with E-state index in [0.717, 1.165) is 25.1 Å². The van der Waals surface area contributed by atoms with Crippen molar-refractivity contribution in [1.29, 1.82) is 0 Å². The summed E-state index contributed by atoms with van der Waals surface area (Å²) in [5.41, 5.74) is 3.71. The van der Waals surface area contributed by atoms with Crippen LogP contribution >= 0.6 is 0 Å². The standard InChI is InChI=1S/C13H18F3N3O/c1-2-5-18-6-7-19-9-3-4-10(12(17)20)11(8-9)13(14,15)16/h3-4,8,18-19H,2,5-7H2,1H3,(H2,17,20). The second-order valence-electron chi connectivity index (χ2n) is 4.30. The van der Waals surface area contributed by atoms with E-state index in [9.17, 15) is 18.0 Å². The first-order valence-electron chi connectivity index (χ1n) is 6.32. The van der Waals surface area contributed by atoms with E-state index < -0.39 is 23.2 Å². The first-order valence-corrected chi connectivity index (χ1v) is 6.32. The van der Waals surface area contributed by atoms with E-state index >= 15 is 0 Å². The number of primary amides is 1. The summed E-state index contributed by atoms with van der Waals surface area (Å²) in [7, 11) is 0. The summed E-state index contributed by atoms with van der Waals surface area (Å²) >= 11 is 0. The van der Waals surface area contributed by atoms with Crippen molar-refractivity contribution in [3.05, 3.63) is 29.3 Å². The summed E-state index contributed by atoms with van der Waals surface area (Å²) in [6.07, 6.45) is -3.62. The van der Waals surface area contributed by atoms with Crippen molar-refractivity contribution in [2.24, 2.45) is 5.73 Å². The Bertz CT molecular complexity index is 461. The van der Waals surface area contributed by atoms with E-state index in [1.807, 2.05) is 6.92 Å². The van der Waals surface area contributed by atoms with Crippen LogP contribution in [0.3, 0.4) is 0 Å². The van der Waals surface area contributed by atoms with Crippen molar-refractivity contribution in [3.63, 3.8) is 0 Å². The first-order chi connectivity index (χ1) is 9.36. The number of carbonyl (C=O) groups is 1. The van der Waals surface area contributed by atoms with E-state index in [0.29, 0.717) is 18.8 Å². The number of amides is 1. The molecule has 7 heteroatoms.